The van der Waals surface area contributed by atoms with Crippen LogP contribution in [0.3, 0.4) is 0 Å². The average molecular weight is 189 g/mol. The van der Waals surface area contributed by atoms with Crippen LogP contribution in [-0.4, -0.2) is 9.38 Å². The summed E-state index contributed by atoms with van der Waals surface area (Å²) in [5.74, 6) is 0. The molecule has 0 aliphatic heterocycles. The van der Waals surface area contributed by atoms with Gasteiger partial charge < -0.3 is 5.73 Å². The Kier molecular flexibility index (Phi) is 2.25. The Morgan fingerprint density at radius 1 is 1.43 bits per heavy atom. The molecule has 0 saturated carbocycles. The summed E-state index contributed by atoms with van der Waals surface area (Å²) in [6, 6.07) is 6.07. The molecule has 74 valence electrons. The predicted octanol–water partition coefficient (Wildman–Crippen LogP) is 1.66. The Morgan fingerprint density at radius 3 is 2.86 bits per heavy atom. The van der Waals surface area contributed by atoms with Gasteiger partial charge in [0.1, 0.15) is 5.65 Å². The normalized spacial score (nSPS) is 11.1. The molecule has 2 heterocycles. The molecule has 0 saturated heterocycles. The highest BCUT2D eigenvalue weighted by Gasteiger charge is 2.08. The van der Waals surface area contributed by atoms with Crippen LogP contribution in [0.2, 0.25) is 0 Å². The maximum atomic E-state index is 5.69. The molecular formula is C11H15N3. The van der Waals surface area contributed by atoms with Gasteiger partial charge in [-0.25, -0.2) is 4.98 Å². The van der Waals surface area contributed by atoms with Crippen LogP contribution in [0.25, 0.3) is 5.65 Å². The highest BCUT2D eigenvalue weighted by Crippen LogP contribution is 2.14. The van der Waals surface area contributed by atoms with Gasteiger partial charge in [-0.15, -0.1) is 0 Å². The first kappa shape index (κ1) is 9.21. The van der Waals surface area contributed by atoms with Crippen LogP contribution in [0.5, 0.6) is 0 Å². The Bertz CT molecular complexity index is 457. The fourth-order valence-electron chi connectivity index (χ4n) is 1.86. The molecule has 2 aromatic heterocycles. The molecule has 3 heteroatoms. The summed E-state index contributed by atoms with van der Waals surface area (Å²) in [5, 5.41) is 0. The largest absolute Gasteiger partial charge is 0.325 e. The molecule has 2 aromatic rings. The number of nitrogens with zero attached hydrogens (tertiary/aromatic N) is 2. The van der Waals surface area contributed by atoms with E-state index in [4.69, 9.17) is 5.73 Å². The SMILES string of the molecule is CCc1nc2cccc(CN)n2c1C. The third-order valence-electron chi connectivity index (χ3n) is 2.60. The van der Waals surface area contributed by atoms with Gasteiger partial charge in [0.25, 0.3) is 0 Å². The smallest absolute Gasteiger partial charge is 0.137 e. The predicted molar refractivity (Wildman–Crippen MR) is 57.2 cm³/mol. The van der Waals surface area contributed by atoms with E-state index < -0.39 is 0 Å². The summed E-state index contributed by atoms with van der Waals surface area (Å²) in [4.78, 5) is 4.55. The quantitative estimate of drug-likeness (QED) is 0.780. The van der Waals surface area contributed by atoms with Crippen LogP contribution in [-0.2, 0) is 13.0 Å². The summed E-state index contributed by atoms with van der Waals surface area (Å²) >= 11 is 0. The second-order valence-corrected chi connectivity index (χ2v) is 3.41. The minimum atomic E-state index is 0.553. The number of nitrogens with two attached hydrogens (primary N) is 1. The fraction of sp³-hybridized carbons (Fsp3) is 0.364. The number of imidazole rings is 1. The fourth-order valence-corrected chi connectivity index (χ4v) is 1.86. The molecule has 14 heavy (non-hydrogen) atoms. The molecule has 0 aliphatic carbocycles. The molecule has 0 radical (unpaired) electrons. The van der Waals surface area contributed by atoms with Crippen molar-refractivity contribution in [1.82, 2.24) is 9.38 Å². The molecule has 0 unspecified atom stereocenters. The average Bonchev–Trinajstić information content (AvgIpc) is 2.55. The second kappa shape index (κ2) is 3.42. The molecule has 2 N–H and O–H groups in total. The summed E-state index contributed by atoms with van der Waals surface area (Å²) in [5.41, 5.74) is 10.2. The summed E-state index contributed by atoms with van der Waals surface area (Å²) in [7, 11) is 0. The lowest BCUT2D eigenvalue weighted by Crippen LogP contribution is -2.04. The van der Waals surface area contributed by atoms with Crippen molar-refractivity contribution >= 4 is 5.65 Å². The number of hydrogen-bond acceptors (Lipinski definition) is 2. The maximum Gasteiger partial charge on any atom is 0.137 e. The molecule has 0 aromatic carbocycles. The van der Waals surface area contributed by atoms with Gasteiger partial charge in [0.15, 0.2) is 0 Å². The molecule has 0 bridgehead atoms. The highest BCUT2D eigenvalue weighted by molar-refractivity contribution is 5.45. The van der Waals surface area contributed by atoms with E-state index >= 15 is 0 Å². The summed E-state index contributed by atoms with van der Waals surface area (Å²) < 4.78 is 2.14. The zero-order valence-electron chi connectivity index (χ0n) is 8.62. The Labute approximate surface area is 83.6 Å². The van der Waals surface area contributed by atoms with Crippen molar-refractivity contribution in [2.75, 3.05) is 0 Å². The molecule has 2 rings (SSSR count). The van der Waals surface area contributed by atoms with Crippen molar-refractivity contribution in [1.29, 1.82) is 0 Å². The first-order chi connectivity index (χ1) is 6.77. The van der Waals surface area contributed by atoms with E-state index in [1.54, 1.807) is 0 Å². The number of aromatic nitrogens is 2. The maximum absolute atomic E-state index is 5.69. The molecule has 0 atom stereocenters. The second-order valence-electron chi connectivity index (χ2n) is 3.41. The van der Waals surface area contributed by atoms with Gasteiger partial charge >= 0.3 is 0 Å². The lowest BCUT2D eigenvalue weighted by Gasteiger charge is -2.03. The molecule has 0 spiro atoms. The van der Waals surface area contributed by atoms with E-state index in [1.807, 2.05) is 18.2 Å². The van der Waals surface area contributed by atoms with Crippen LogP contribution < -0.4 is 5.73 Å². The Balaban J connectivity index is 2.79. The topological polar surface area (TPSA) is 43.3 Å². The number of pyridine rings is 1. The van der Waals surface area contributed by atoms with Crippen molar-refractivity contribution in [2.24, 2.45) is 5.73 Å². The van der Waals surface area contributed by atoms with Crippen LogP contribution >= 0.6 is 0 Å². The highest BCUT2D eigenvalue weighted by atomic mass is 15.0. The van der Waals surface area contributed by atoms with Crippen molar-refractivity contribution in [3.05, 3.63) is 35.3 Å². The van der Waals surface area contributed by atoms with Gasteiger partial charge in [-0.2, -0.15) is 0 Å². The van der Waals surface area contributed by atoms with E-state index in [0.717, 1.165) is 23.5 Å². The first-order valence-electron chi connectivity index (χ1n) is 4.93. The van der Waals surface area contributed by atoms with Gasteiger partial charge in [0, 0.05) is 17.9 Å². The monoisotopic (exact) mass is 189 g/mol. The van der Waals surface area contributed by atoms with E-state index in [2.05, 4.69) is 23.2 Å². The zero-order chi connectivity index (χ0) is 10.1. The van der Waals surface area contributed by atoms with Gasteiger partial charge in [0.05, 0.1) is 5.69 Å². The number of aryl methyl sites for hydroxylation is 2. The van der Waals surface area contributed by atoms with Gasteiger partial charge in [-0.05, 0) is 25.5 Å². The van der Waals surface area contributed by atoms with Crippen LogP contribution in [0, 0.1) is 6.92 Å². The van der Waals surface area contributed by atoms with E-state index in [0.29, 0.717) is 6.54 Å². The summed E-state index contributed by atoms with van der Waals surface area (Å²) in [6.45, 7) is 4.77. The lowest BCUT2D eigenvalue weighted by molar-refractivity contribution is 0.915. The summed E-state index contributed by atoms with van der Waals surface area (Å²) in [6.07, 6.45) is 0.970. The molecule has 0 fully saturated rings. The van der Waals surface area contributed by atoms with Crippen molar-refractivity contribution < 1.29 is 0 Å². The van der Waals surface area contributed by atoms with Crippen LogP contribution in [0.15, 0.2) is 18.2 Å². The molecule has 3 nitrogen and oxygen atoms in total. The van der Waals surface area contributed by atoms with Crippen molar-refractivity contribution in [3.63, 3.8) is 0 Å². The van der Waals surface area contributed by atoms with Crippen LogP contribution in [0.1, 0.15) is 24.0 Å². The number of rotatable bonds is 2. The van der Waals surface area contributed by atoms with Crippen molar-refractivity contribution in [3.8, 4) is 0 Å². The third-order valence-corrected chi connectivity index (χ3v) is 2.60. The van der Waals surface area contributed by atoms with Crippen molar-refractivity contribution in [2.45, 2.75) is 26.8 Å². The zero-order valence-corrected chi connectivity index (χ0v) is 8.62. The minimum Gasteiger partial charge on any atom is -0.325 e. The van der Waals surface area contributed by atoms with Gasteiger partial charge in [-0.3, -0.25) is 4.40 Å². The van der Waals surface area contributed by atoms with Gasteiger partial charge in [-0.1, -0.05) is 13.0 Å². The Hall–Kier alpha value is -1.35. The molecule has 0 amide bonds. The standard InChI is InChI=1S/C11H15N3/c1-3-10-8(2)14-9(7-12)5-4-6-11(14)13-10/h4-6H,3,7,12H2,1-2H3. The van der Waals surface area contributed by atoms with E-state index in [9.17, 15) is 0 Å². The third kappa shape index (κ3) is 1.21. The lowest BCUT2D eigenvalue weighted by atomic mass is 10.3. The van der Waals surface area contributed by atoms with Crippen LogP contribution in [0.4, 0.5) is 0 Å². The molecular weight excluding hydrogens is 174 g/mol. The van der Waals surface area contributed by atoms with E-state index in [1.165, 1.54) is 5.69 Å². The number of fused-ring (bicyclic) bond motifs is 1. The Morgan fingerprint density at radius 2 is 2.21 bits per heavy atom. The van der Waals surface area contributed by atoms with E-state index in [-0.39, 0.29) is 0 Å². The number of hydrogen-bond donors (Lipinski definition) is 1. The van der Waals surface area contributed by atoms with Gasteiger partial charge in [0.2, 0.25) is 0 Å². The molecule has 0 aliphatic rings. The minimum absolute atomic E-state index is 0.553. The first-order valence-corrected chi connectivity index (χ1v) is 4.93.